The predicted octanol–water partition coefficient (Wildman–Crippen LogP) is 2.76. The van der Waals surface area contributed by atoms with Gasteiger partial charge in [0.25, 0.3) is 0 Å². The standard InChI is InChI=1S/C13H21N5/c1-3-4-5-6-7-15-12-13-16-8-9-18(13)10-11(14-2)17-12/h8-10,14H,3-7H2,1-2H3,(H,15,17). The number of rotatable bonds is 7. The Balaban J connectivity index is 2.04. The number of hydrogen-bond acceptors (Lipinski definition) is 4. The number of imidazole rings is 1. The Morgan fingerprint density at radius 2 is 2.17 bits per heavy atom. The van der Waals surface area contributed by atoms with E-state index in [9.17, 15) is 0 Å². The van der Waals surface area contributed by atoms with E-state index in [0.717, 1.165) is 23.8 Å². The largest absolute Gasteiger partial charge is 0.372 e. The first-order valence-electron chi connectivity index (χ1n) is 6.60. The van der Waals surface area contributed by atoms with Crippen LogP contribution in [0.4, 0.5) is 11.6 Å². The van der Waals surface area contributed by atoms with Crippen LogP contribution < -0.4 is 10.6 Å². The van der Waals surface area contributed by atoms with Crippen LogP contribution in [-0.2, 0) is 0 Å². The van der Waals surface area contributed by atoms with Gasteiger partial charge in [0.2, 0.25) is 0 Å². The van der Waals surface area contributed by atoms with Crippen LogP contribution in [0.1, 0.15) is 32.6 Å². The van der Waals surface area contributed by atoms with Crippen LogP contribution in [0.2, 0.25) is 0 Å². The van der Waals surface area contributed by atoms with Gasteiger partial charge in [-0.05, 0) is 6.42 Å². The smallest absolute Gasteiger partial charge is 0.180 e. The average molecular weight is 247 g/mol. The van der Waals surface area contributed by atoms with Gasteiger partial charge in [0.05, 0.1) is 6.20 Å². The third-order valence-electron chi connectivity index (χ3n) is 2.95. The molecule has 2 N–H and O–H groups in total. The summed E-state index contributed by atoms with van der Waals surface area (Å²) in [5, 5.41) is 6.43. The molecule has 0 fully saturated rings. The molecule has 18 heavy (non-hydrogen) atoms. The Morgan fingerprint density at radius 3 is 2.94 bits per heavy atom. The minimum Gasteiger partial charge on any atom is -0.372 e. The number of anilines is 2. The van der Waals surface area contributed by atoms with E-state index in [4.69, 9.17) is 0 Å². The van der Waals surface area contributed by atoms with Crippen molar-refractivity contribution >= 4 is 17.3 Å². The lowest BCUT2D eigenvalue weighted by Crippen LogP contribution is -2.07. The number of nitrogens with one attached hydrogen (secondary N) is 2. The lowest BCUT2D eigenvalue weighted by Gasteiger charge is -2.09. The fraction of sp³-hybridized carbons (Fsp3) is 0.538. The molecule has 2 rings (SSSR count). The van der Waals surface area contributed by atoms with Gasteiger partial charge in [-0.3, -0.25) is 0 Å². The van der Waals surface area contributed by atoms with Crippen molar-refractivity contribution in [3.63, 3.8) is 0 Å². The van der Waals surface area contributed by atoms with Crippen molar-refractivity contribution in [2.75, 3.05) is 24.2 Å². The first kappa shape index (κ1) is 12.7. The Hall–Kier alpha value is -1.78. The highest BCUT2D eigenvalue weighted by molar-refractivity contribution is 5.65. The predicted molar refractivity (Wildman–Crippen MR) is 75.2 cm³/mol. The summed E-state index contributed by atoms with van der Waals surface area (Å²) in [5.74, 6) is 1.69. The van der Waals surface area contributed by atoms with Crippen LogP contribution >= 0.6 is 0 Å². The highest BCUT2D eigenvalue weighted by atomic mass is 15.1. The van der Waals surface area contributed by atoms with Crippen molar-refractivity contribution < 1.29 is 0 Å². The molecule has 2 heterocycles. The van der Waals surface area contributed by atoms with Gasteiger partial charge in [-0.2, -0.15) is 0 Å². The summed E-state index contributed by atoms with van der Waals surface area (Å²) in [6.07, 6.45) is 10.7. The minimum atomic E-state index is 0.844. The molecule has 5 heteroatoms. The molecule has 0 bridgehead atoms. The van der Waals surface area contributed by atoms with Crippen LogP contribution in [-0.4, -0.2) is 28.0 Å². The van der Waals surface area contributed by atoms with Crippen molar-refractivity contribution in [1.29, 1.82) is 0 Å². The molecule has 2 aromatic rings. The molecule has 0 unspecified atom stereocenters. The van der Waals surface area contributed by atoms with Crippen molar-refractivity contribution in [2.24, 2.45) is 0 Å². The Bertz CT molecular complexity index is 491. The van der Waals surface area contributed by atoms with Crippen LogP contribution in [0.3, 0.4) is 0 Å². The van der Waals surface area contributed by atoms with E-state index in [0.29, 0.717) is 0 Å². The van der Waals surface area contributed by atoms with E-state index >= 15 is 0 Å². The van der Waals surface area contributed by atoms with E-state index in [1.54, 1.807) is 6.20 Å². The molecule has 0 saturated carbocycles. The van der Waals surface area contributed by atoms with Gasteiger partial charge in [-0.1, -0.05) is 26.2 Å². The van der Waals surface area contributed by atoms with Gasteiger partial charge in [0.15, 0.2) is 11.5 Å². The monoisotopic (exact) mass is 247 g/mol. The second-order valence-corrected chi connectivity index (χ2v) is 4.37. The Labute approximate surface area is 108 Å². The highest BCUT2D eigenvalue weighted by Crippen LogP contribution is 2.16. The molecule has 0 atom stereocenters. The molecule has 0 aliphatic carbocycles. The molecule has 0 aromatic carbocycles. The SMILES string of the molecule is CCCCCCNc1nc(NC)cn2ccnc12. The second kappa shape index (κ2) is 6.23. The molecule has 98 valence electrons. The minimum absolute atomic E-state index is 0.844. The average Bonchev–Trinajstić information content (AvgIpc) is 2.86. The summed E-state index contributed by atoms with van der Waals surface area (Å²) in [4.78, 5) is 8.82. The topological polar surface area (TPSA) is 54.2 Å². The van der Waals surface area contributed by atoms with E-state index in [1.807, 2.05) is 23.8 Å². The van der Waals surface area contributed by atoms with Crippen molar-refractivity contribution in [3.05, 3.63) is 18.6 Å². The molecule has 5 nitrogen and oxygen atoms in total. The molecular formula is C13H21N5. The van der Waals surface area contributed by atoms with Gasteiger partial charge >= 0.3 is 0 Å². The van der Waals surface area contributed by atoms with Crippen LogP contribution in [0.15, 0.2) is 18.6 Å². The van der Waals surface area contributed by atoms with Crippen molar-refractivity contribution in [1.82, 2.24) is 14.4 Å². The Morgan fingerprint density at radius 1 is 1.28 bits per heavy atom. The lowest BCUT2D eigenvalue weighted by atomic mass is 10.2. The maximum absolute atomic E-state index is 4.50. The van der Waals surface area contributed by atoms with Gasteiger partial charge < -0.3 is 15.0 Å². The number of hydrogen-bond donors (Lipinski definition) is 2. The van der Waals surface area contributed by atoms with E-state index in [2.05, 4.69) is 27.5 Å². The summed E-state index contributed by atoms with van der Waals surface area (Å²) in [5.41, 5.74) is 0.879. The van der Waals surface area contributed by atoms with E-state index in [1.165, 1.54) is 25.7 Å². The highest BCUT2D eigenvalue weighted by Gasteiger charge is 2.05. The van der Waals surface area contributed by atoms with Gasteiger partial charge in [-0.15, -0.1) is 0 Å². The molecule has 0 saturated heterocycles. The van der Waals surface area contributed by atoms with Crippen LogP contribution in [0.25, 0.3) is 5.65 Å². The number of fused-ring (bicyclic) bond motifs is 1. The number of unbranched alkanes of at least 4 members (excludes halogenated alkanes) is 3. The number of nitrogens with zero attached hydrogens (tertiary/aromatic N) is 3. The van der Waals surface area contributed by atoms with Gasteiger partial charge in [0.1, 0.15) is 5.82 Å². The molecule has 2 aromatic heterocycles. The maximum Gasteiger partial charge on any atom is 0.180 e. The molecule has 0 radical (unpaired) electrons. The van der Waals surface area contributed by atoms with Gasteiger partial charge in [-0.25, -0.2) is 9.97 Å². The summed E-state index contributed by atoms with van der Waals surface area (Å²) in [7, 11) is 1.87. The van der Waals surface area contributed by atoms with Gasteiger partial charge in [0, 0.05) is 26.0 Å². The summed E-state index contributed by atoms with van der Waals surface area (Å²) in [6.45, 7) is 3.17. The summed E-state index contributed by atoms with van der Waals surface area (Å²) >= 11 is 0. The first-order valence-corrected chi connectivity index (χ1v) is 6.60. The fourth-order valence-electron chi connectivity index (χ4n) is 1.93. The summed E-state index contributed by atoms with van der Waals surface area (Å²) < 4.78 is 1.98. The van der Waals surface area contributed by atoms with Crippen molar-refractivity contribution in [3.8, 4) is 0 Å². The zero-order valence-electron chi connectivity index (χ0n) is 11.1. The second-order valence-electron chi connectivity index (χ2n) is 4.37. The van der Waals surface area contributed by atoms with E-state index in [-0.39, 0.29) is 0 Å². The molecular weight excluding hydrogens is 226 g/mol. The zero-order valence-corrected chi connectivity index (χ0v) is 11.1. The normalized spacial score (nSPS) is 10.8. The zero-order chi connectivity index (χ0) is 12.8. The fourth-order valence-corrected chi connectivity index (χ4v) is 1.93. The Kier molecular flexibility index (Phi) is 4.39. The maximum atomic E-state index is 4.50. The third kappa shape index (κ3) is 2.91. The quantitative estimate of drug-likeness (QED) is 0.739. The third-order valence-corrected chi connectivity index (χ3v) is 2.95. The number of aromatic nitrogens is 3. The van der Waals surface area contributed by atoms with Crippen molar-refractivity contribution in [2.45, 2.75) is 32.6 Å². The lowest BCUT2D eigenvalue weighted by molar-refractivity contribution is 0.684. The summed E-state index contributed by atoms with van der Waals surface area (Å²) in [6, 6.07) is 0. The molecule has 0 aliphatic heterocycles. The first-order chi connectivity index (χ1) is 8.85. The van der Waals surface area contributed by atoms with Crippen LogP contribution in [0.5, 0.6) is 0 Å². The molecule has 0 aliphatic rings. The molecule has 0 spiro atoms. The molecule has 0 amide bonds. The van der Waals surface area contributed by atoms with E-state index < -0.39 is 0 Å². The van der Waals surface area contributed by atoms with Crippen LogP contribution in [0, 0.1) is 0 Å².